The van der Waals surface area contributed by atoms with Crippen LogP contribution in [0.15, 0.2) is 22.2 Å². The fraction of sp³-hybridized carbons (Fsp3) is 0.500. The van der Waals surface area contributed by atoms with Gasteiger partial charge in [-0.2, -0.15) is 0 Å². The van der Waals surface area contributed by atoms with Crippen LogP contribution in [0.25, 0.3) is 0 Å². The van der Waals surface area contributed by atoms with E-state index in [1.807, 2.05) is 0 Å². The molecule has 0 aliphatic carbocycles. The standard InChI is InChI=1S/C14H18N2O8S2.2Na/c1-7(17)15-4-5-25-9-6-8-10(14(2,3)24-26(21,22)23)12(18)16(8)11(9)13(19)20;;/h4-5,8,10H,6H2,1-3H3,(H,15,17)(H,19,20)(H,21,22,23);;/q;2*+1/p-2/b5-4-;;/t8-,10+;;/m1../s1. The summed E-state index contributed by atoms with van der Waals surface area (Å²) in [4.78, 5) is 36.0. The second-order valence-electron chi connectivity index (χ2n) is 6.23. The van der Waals surface area contributed by atoms with Gasteiger partial charge in [0.05, 0.1) is 29.2 Å². The molecule has 144 valence electrons. The molecule has 2 aliphatic heterocycles. The molecule has 2 atom stereocenters. The van der Waals surface area contributed by atoms with E-state index in [2.05, 4.69) is 9.50 Å². The Kier molecular flexibility index (Phi) is 10.5. The third-order valence-electron chi connectivity index (χ3n) is 3.94. The molecule has 0 bridgehead atoms. The van der Waals surface area contributed by atoms with Crippen LogP contribution in [0.2, 0.25) is 0 Å². The SMILES string of the molecule is CC(=O)N/C=C\SC1=C(C(=O)[O-])N2C(=O)[C@@H](C(C)(C)OS(=O)(=O)[O-])[C@H]2C1.[Na+].[Na+]. The van der Waals surface area contributed by atoms with Crippen molar-refractivity contribution in [2.75, 3.05) is 0 Å². The molecule has 1 fully saturated rings. The topological polar surface area (TPSA) is 156 Å². The van der Waals surface area contributed by atoms with Crippen molar-refractivity contribution in [2.45, 2.75) is 38.8 Å². The second-order valence-corrected chi connectivity index (χ2v) is 8.22. The summed E-state index contributed by atoms with van der Waals surface area (Å²) in [7, 11) is -5.04. The quantitative estimate of drug-likeness (QED) is 0.172. The second kappa shape index (κ2) is 10.4. The maximum Gasteiger partial charge on any atom is 1.00 e. The molecular weight excluding hydrogens is 434 g/mol. The van der Waals surface area contributed by atoms with Crippen LogP contribution < -0.4 is 69.5 Å². The zero-order valence-corrected chi connectivity index (χ0v) is 21.7. The molecule has 2 aliphatic rings. The van der Waals surface area contributed by atoms with E-state index in [0.717, 1.165) is 16.7 Å². The number of β-lactam (4-membered cyclic amide) rings is 1. The molecule has 1 saturated heterocycles. The number of hydrogen-bond acceptors (Lipinski definition) is 9. The molecule has 0 saturated carbocycles. The minimum absolute atomic E-state index is 0. The van der Waals surface area contributed by atoms with E-state index in [0.29, 0.717) is 4.91 Å². The van der Waals surface area contributed by atoms with Gasteiger partial charge in [0.1, 0.15) is 0 Å². The predicted molar refractivity (Wildman–Crippen MR) is 86.2 cm³/mol. The van der Waals surface area contributed by atoms with Crippen LogP contribution in [-0.2, 0) is 29.0 Å². The van der Waals surface area contributed by atoms with E-state index in [1.54, 1.807) is 0 Å². The van der Waals surface area contributed by atoms with Crippen molar-refractivity contribution in [1.29, 1.82) is 0 Å². The summed E-state index contributed by atoms with van der Waals surface area (Å²) in [5.74, 6) is -3.52. The average molecular weight is 450 g/mol. The van der Waals surface area contributed by atoms with Gasteiger partial charge in [0.15, 0.2) is 0 Å². The van der Waals surface area contributed by atoms with Gasteiger partial charge in [0, 0.05) is 24.4 Å². The number of amides is 2. The fourth-order valence-electron chi connectivity index (χ4n) is 3.11. The number of carbonyl (C=O) groups is 3. The Bertz CT molecular complexity index is 825. The van der Waals surface area contributed by atoms with Crippen LogP contribution in [0.3, 0.4) is 0 Å². The molecule has 2 heterocycles. The number of thioether (sulfide) groups is 1. The number of nitrogens with one attached hydrogen (secondary N) is 1. The monoisotopic (exact) mass is 450 g/mol. The first kappa shape index (κ1) is 28.1. The molecule has 2 amide bonds. The predicted octanol–water partition coefficient (Wildman–Crippen LogP) is -7.22. The van der Waals surface area contributed by atoms with Crippen molar-refractivity contribution in [3.63, 3.8) is 0 Å². The van der Waals surface area contributed by atoms with E-state index in [1.165, 1.54) is 32.4 Å². The van der Waals surface area contributed by atoms with E-state index in [4.69, 9.17) is 0 Å². The van der Waals surface area contributed by atoms with Crippen LogP contribution in [0.5, 0.6) is 0 Å². The summed E-state index contributed by atoms with van der Waals surface area (Å²) in [6, 6.07) is -0.663. The average Bonchev–Trinajstić information content (AvgIpc) is 2.74. The molecule has 0 aromatic carbocycles. The van der Waals surface area contributed by atoms with Crippen molar-refractivity contribution in [2.24, 2.45) is 5.92 Å². The van der Waals surface area contributed by atoms with Gasteiger partial charge >= 0.3 is 59.1 Å². The van der Waals surface area contributed by atoms with E-state index >= 15 is 0 Å². The summed E-state index contributed by atoms with van der Waals surface area (Å²) >= 11 is 0.987. The number of fused-ring (bicyclic) bond motifs is 1. The maximum absolute atomic E-state index is 12.4. The number of rotatable bonds is 7. The first-order valence-corrected chi connectivity index (χ1v) is 9.59. The van der Waals surface area contributed by atoms with E-state index < -0.39 is 39.8 Å². The third-order valence-corrected chi connectivity index (χ3v) is 5.49. The van der Waals surface area contributed by atoms with Crippen LogP contribution in [0.4, 0.5) is 0 Å². The molecule has 10 nitrogen and oxygen atoms in total. The molecule has 0 aromatic rings. The van der Waals surface area contributed by atoms with E-state index in [-0.39, 0.29) is 77.1 Å². The van der Waals surface area contributed by atoms with E-state index in [9.17, 15) is 32.5 Å². The third kappa shape index (κ3) is 6.30. The first-order chi connectivity index (χ1) is 11.8. The van der Waals surface area contributed by atoms with Crippen molar-refractivity contribution in [1.82, 2.24) is 10.2 Å². The Morgan fingerprint density at radius 1 is 1.36 bits per heavy atom. The van der Waals surface area contributed by atoms with Gasteiger partial charge in [0.2, 0.25) is 22.2 Å². The van der Waals surface area contributed by atoms with Crippen molar-refractivity contribution >= 4 is 39.9 Å². The van der Waals surface area contributed by atoms with Gasteiger partial charge in [-0.25, -0.2) is 8.42 Å². The van der Waals surface area contributed by atoms with Crippen molar-refractivity contribution in [3.8, 4) is 0 Å². The van der Waals surface area contributed by atoms with Crippen LogP contribution in [0, 0.1) is 5.92 Å². The Hall–Kier alpha value is 0.110. The van der Waals surface area contributed by atoms with Crippen molar-refractivity contribution in [3.05, 3.63) is 22.2 Å². The summed E-state index contributed by atoms with van der Waals surface area (Å²) in [6.07, 6.45) is 1.44. The smallest absolute Gasteiger partial charge is 0.726 e. The van der Waals surface area contributed by atoms with Crippen molar-refractivity contribution < 1.29 is 95.8 Å². The summed E-state index contributed by atoms with van der Waals surface area (Å²) in [5, 5.41) is 15.3. The molecular formula is C14H16N2Na2O8S2. The molecule has 2 rings (SSSR count). The summed E-state index contributed by atoms with van der Waals surface area (Å²) in [5.41, 5.74) is -1.93. The Morgan fingerprint density at radius 2 is 1.93 bits per heavy atom. The molecule has 1 N–H and O–H groups in total. The van der Waals surface area contributed by atoms with Gasteiger partial charge in [-0.3, -0.25) is 13.8 Å². The number of carboxylic acids is 1. The largest absolute Gasteiger partial charge is 1.00 e. The molecule has 28 heavy (non-hydrogen) atoms. The Labute approximate surface area is 211 Å². The van der Waals surface area contributed by atoms with Crippen LogP contribution in [-0.4, -0.2) is 47.3 Å². The molecule has 0 radical (unpaired) electrons. The number of nitrogens with zero attached hydrogens (tertiary/aromatic N) is 1. The number of carbonyl (C=O) groups excluding carboxylic acids is 3. The minimum Gasteiger partial charge on any atom is -0.726 e. The zero-order chi connectivity index (χ0) is 19.9. The molecule has 0 unspecified atom stereocenters. The van der Waals surface area contributed by atoms with Gasteiger partial charge in [-0.05, 0) is 19.3 Å². The molecule has 0 spiro atoms. The van der Waals surface area contributed by atoms with Gasteiger partial charge in [-0.15, -0.1) is 0 Å². The maximum atomic E-state index is 12.4. The number of carboxylic acid groups (broad SMARTS) is 1. The zero-order valence-electron chi connectivity index (χ0n) is 16.0. The molecule has 0 aromatic heterocycles. The normalized spacial score (nSPS) is 21.6. The Balaban J connectivity index is 0.00000364. The van der Waals surface area contributed by atoms with Crippen LogP contribution in [0.1, 0.15) is 27.2 Å². The summed E-state index contributed by atoms with van der Waals surface area (Å²) in [6.45, 7) is 3.86. The number of aliphatic carboxylic acids is 1. The van der Waals surface area contributed by atoms with Gasteiger partial charge < -0.3 is 24.7 Å². The first-order valence-electron chi connectivity index (χ1n) is 7.38. The van der Waals surface area contributed by atoms with Gasteiger partial charge in [0.25, 0.3) is 0 Å². The van der Waals surface area contributed by atoms with Crippen LogP contribution >= 0.6 is 11.8 Å². The minimum atomic E-state index is -5.04. The summed E-state index contributed by atoms with van der Waals surface area (Å²) < 4.78 is 37.2. The Morgan fingerprint density at radius 3 is 2.39 bits per heavy atom. The number of hydrogen-bond donors (Lipinski definition) is 1. The molecule has 14 heteroatoms. The fourth-order valence-corrected chi connectivity index (χ4v) is 4.60. The van der Waals surface area contributed by atoms with Gasteiger partial charge in [-0.1, -0.05) is 11.8 Å².